The van der Waals surface area contributed by atoms with Gasteiger partial charge >= 0.3 is 0 Å². The van der Waals surface area contributed by atoms with Crippen LogP contribution in [0.3, 0.4) is 0 Å². The lowest BCUT2D eigenvalue weighted by atomic mass is 10.2. The summed E-state index contributed by atoms with van der Waals surface area (Å²) in [6.45, 7) is 0. The van der Waals surface area contributed by atoms with E-state index in [4.69, 9.17) is 14.2 Å². The molecule has 1 aromatic rings. The van der Waals surface area contributed by atoms with Crippen molar-refractivity contribution in [2.24, 2.45) is 0 Å². The third kappa shape index (κ3) is 2.34. The summed E-state index contributed by atoms with van der Waals surface area (Å²) in [5, 5.41) is 0. The van der Waals surface area contributed by atoms with Crippen molar-refractivity contribution in [3.63, 3.8) is 0 Å². The van der Waals surface area contributed by atoms with Crippen LogP contribution in [0.1, 0.15) is 11.9 Å². The van der Waals surface area contributed by atoms with E-state index in [2.05, 4.69) is 27.6 Å². The molecule has 1 aromatic heterocycles. The van der Waals surface area contributed by atoms with Gasteiger partial charge in [-0.2, -0.15) is 0 Å². The summed E-state index contributed by atoms with van der Waals surface area (Å²) in [6, 6.07) is 1.88. The van der Waals surface area contributed by atoms with Gasteiger partial charge in [0.1, 0.15) is 0 Å². The van der Waals surface area contributed by atoms with Crippen LogP contribution in [0, 0.1) is 3.57 Å². The Hall–Kier alpha value is -0.400. The van der Waals surface area contributed by atoms with Gasteiger partial charge in [-0.3, -0.25) is 0 Å². The van der Waals surface area contributed by atoms with Crippen LogP contribution in [0.5, 0.6) is 5.88 Å². The van der Waals surface area contributed by atoms with Gasteiger partial charge in [0, 0.05) is 24.0 Å². The summed E-state index contributed by atoms with van der Waals surface area (Å²) in [4.78, 5) is 4.09. The third-order valence-electron chi connectivity index (χ3n) is 1.76. The number of ether oxygens (including phenoxy) is 3. The van der Waals surface area contributed by atoms with E-state index in [0.29, 0.717) is 5.88 Å². The molecule has 0 unspecified atom stereocenters. The first-order valence-corrected chi connectivity index (χ1v) is 5.06. The Kier molecular flexibility index (Phi) is 4.56. The summed E-state index contributed by atoms with van der Waals surface area (Å²) >= 11 is 2.19. The molecule has 4 nitrogen and oxygen atoms in total. The number of rotatable bonds is 4. The Labute approximate surface area is 96.7 Å². The molecule has 0 aliphatic rings. The molecule has 0 amide bonds. The van der Waals surface area contributed by atoms with Gasteiger partial charge in [-0.1, -0.05) is 0 Å². The molecule has 0 N–H and O–H groups in total. The molecule has 1 rings (SSSR count). The first-order valence-electron chi connectivity index (χ1n) is 3.98. The Balaban J connectivity index is 3.14. The second-order valence-electron chi connectivity index (χ2n) is 2.52. The number of hydrogen-bond donors (Lipinski definition) is 0. The summed E-state index contributed by atoms with van der Waals surface area (Å²) in [5.41, 5.74) is 0.820. The molecule has 0 bridgehead atoms. The minimum Gasteiger partial charge on any atom is -0.481 e. The highest BCUT2D eigenvalue weighted by molar-refractivity contribution is 14.1. The van der Waals surface area contributed by atoms with Crippen molar-refractivity contribution in [2.75, 3.05) is 21.3 Å². The largest absolute Gasteiger partial charge is 0.481 e. The zero-order chi connectivity index (χ0) is 10.6. The number of nitrogens with zero attached hydrogens (tertiary/aromatic N) is 1. The highest BCUT2D eigenvalue weighted by atomic mass is 127. The number of hydrogen-bond acceptors (Lipinski definition) is 4. The summed E-state index contributed by atoms with van der Waals surface area (Å²) in [7, 11) is 4.73. The summed E-state index contributed by atoms with van der Waals surface area (Å²) in [6.07, 6.45) is 1.25. The van der Waals surface area contributed by atoms with Crippen molar-refractivity contribution in [3.05, 3.63) is 21.4 Å². The Morgan fingerprint density at radius 2 is 1.93 bits per heavy atom. The topological polar surface area (TPSA) is 40.6 Å². The minimum atomic E-state index is -0.439. The molecule has 1 heterocycles. The fraction of sp³-hybridized carbons (Fsp3) is 0.444. The van der Waals surface area contributed by atoms with Crippen LogP contribution in [0.15, 0.2) is 12.3 Å². The van der Waals surface area contributed by atoms with Gasteiger partial charge in [-0.05, 0) is 28.7 Å². The SMILES string of the molecule is COc1nccc(I)c1C(OC)OC. The molecule has 0 saturated carbocycles. The van der Waals surface area contributed by atoms with Gasteiger partial charge < -0.3 is 14.2 Å². The maximum atomic E-state index is 5.16. The molecule has 0 aromatic carbocycles. The first kappa shape index (κ1) is 11.7. The molecule has 14 heavy (non-hydrogen) atoms. The van der Waals surface area contributed by atoms with Gasteiger partial charge in [0.05, 0.1) is 12.7 Å². The molecule has 5 heteroatoms. The maximum Gasteiger partial charge on any atom is 0.222 e. The lowest BCUT2D eigenvalue weighted by molar-refractivity contribution is -0.107. The number of methoxy groups -OCH3 is 3. The molecular formula is C9H12INO3. The van der Waals surface area contributed by atoms with E-state index in [-0.39, 0.29) is 0 Å². The van der Waals surface area contributed by atoms with E-state index in [9.17, 15) is 0 Å². The normalized spacial score (nSPS) is 10.6. The number of halogens is 1. The fourth-order valence-electron chi connectivity index (χ4n) is 1.14. The van der Waals surface area contributed by atoms with Crippen molar-refractivity contribution in [3.8, 4) is 5.88 Å². The molecule has 0 atom stereocenters. The molecule has 0 aliphatic heterocycles. The third-order valence-corrected chi connectivity index (χ3v) is 2.70. The highest BCUT2D eigenvalue weighted by Gasteiger charge is 2.19. The Morgan fingerprint density at radius 3 is 2.43 bits per heavy atom. The van der Waals surface area contributed by atoms with E-state index in [1.807, 2.05) is 6.07 Å². The van der Waals surface area contributed by atoms with Crippen LogP contribution in [-0.2, 0) is 9.47 Å². The van der Waals surface area contributed by atoms with Gasteiger partial charge in [-0.25, -0.2) is 4.98 Å². The van der Waals surface area contributed by atoms with E-state index < -0.39 is 6.29 Å². The van der Waals surface area contributed by atoms with Crippen molar-refractivity contribution in [1.82, 2.24) is 4.98 Å². The smallest absolute Gasteiger partial charge is 0.222 e. The summed E-state index contributed by atoms with van der Waals surface area (Å²) < 4.78 is 16.5. The van der Waals surface area contributed by atoms with E-state index in [1.165, 1.54) is 0 Å². The standard InChI is InChI=1S/C9H12INO3/c1-12-8-7(9(13-2)14-3)6(10)4-5-11-8/h4-5,9H,1-3H3. The van der Waals surface area contributed by atoms with Crippen LogP contribution in [-0.4, -0.2) is 26.3 Å². The average molecular weight is 309 g/mol. The summed E-state index contributed by atoms with van der Waals surface area (Å²) in [5.74, 6) is 0.533. The monoisotopic (exact) mass is 309 g/mol. The number of aromatic nitrogens is 1. The lowest BCUT2D eigenvalue weighted by Crippen LogP contribution is -2.08. The van der Waals surface area contributed by atoms with Crippen molar-refractivity contribution in [1.29, 1.82) is 0 Å². The number of pyridine rings is 1. The molecule has 0 fully saturated rings. The van der Waals surface area contributed by atoms with Crippen LogP contribution < -0.4 is 4.74 Å². The second kappa shape index (κ2) is 5.47. The first-order chi connectivity index (χ1) is 6.74. The van der Waals surface area contributed by atoms with E-state index >= 15 is 0 Å². The predicted molar refractivity (Wildman–Crippen MR) is 60.3 cm³/mol. The van der Waals surface area contributed by atoms with Gasteiger partial charge in [0.2, 0.25) is 5.88 Å². The minimum absolute atomic E-state index is 0.439. The predicted octanol–water partition coefficient (Wildman–Crippen LogP) is 1.99. The van der Waals surface area contributed by atoms with Gasteiger partial charge in [0.15, 0.2) is 6.29 Å². The highest BCUT2D eigenvalue weighted by Crippen LogP contribution is 2.29. The van der Waals surface area contributed by atoms with E-state index in [1.54, 1.807) is 27.5 Å². The van der Waals surface area contributed by atoms with Gasteiger partial charge in [0.25, 0.3) is 0 Å². The average Bonchev–Trinajstić information content (AvgIpc) is 2.22. The van der Waals surface area contributed by atoms with Crippen molar-refractivity contribution in [2.45, 2.75) is 6.29 Å². The lowest BCUT2D eigenvalue weighted by Gasteiger charge is -2.17. The molecule has 0 radical (unpaired) electrons. The maximum absolute atomic E-state index is 5.16. The van der Waals surface area contributed by atoms with Crippen molar-refractivity contribution >= 4 is 22.6 Å². The molecule has 78 valence electrons. The zero-order valence-corrected chi connectivity index (χ0v) is 10.4. The Bertz CT molecular complexity index is 302. The Morgan fingerprint density at radius 1 is 1.29 bits per heavy atom. The van der Waals surface area contributed by atoms with Crippen LogP contribution in [0.25, 0.3) is 0 Å². The second-order valence-corrected chi connectivity index (χ2v) is 3.68. The molecule has 0 saturated heterocycles. The fourth-order valence-corrected chi connectivity index (χ4v) is 1.79. The van der Waals surface area contributed by atoms with Crippen LogP contribution >= 0.6 is 22.6 Å². The molecule has 0 aliphatic carbocycles. The van der Waals surface area contributed by atoms with Crippen LogP contribution in [0.4, 0.5) is 0 Å². The van der Waals surface area contributed by atoms with E-state index in [0.717, 1.165) is 9.13 Å². The molecule has 0 spiro atoms. The van der Waals surface area contributed by atoms with Crippen LogP contribution in [0.2, 0.25) is 0 Å². The van der Waals surface area contributed by atoms with Crippen molar-refractivity contribution < 1.29 is 14.2 Å². The zero-order valence-electron chi connectivity index (χ0n) is 8.28. The quantitative estimate of drug-likeness (QED) is 0.630. The van der Waals surface area contributed by atoms with Gasteiger partial charge in [-0.15, -0.1) is 0 Å². The molecular weight excluding hydrogens is 297 g/mol.